The van der Waals surface area contributed by atoms with E-state index in [1.165, 1.54) is 6.07 Å². The van der Waals surface area contributed by atoms with Crippen LogP contribution in [-0.4, -0.2) is 30.7 Å². The van der Waals surface area contributed by atoms with Gasteiger partial charge in [0.25, 0.3) is 0 Å². The molecule has 20 heavy (non-hydrogen) atoms. The van der Waals surface area contributed by atoms with Crippen molar-refractivity contribution in [1.29, 1.82) is 0 Å². The number of carbonyl (C=O) groups excluding carboxylic acids is 1. The van der Waals surface area contributed by atoms with Gasteiger partial charge in [0.05, 0.1) is 5.69 Å². The summed E-state index contributed by atoms with van der Waals surface area (Å²) in [5, 5.41) is 11.3. The summed E-state index contributed by atoms with van der Waals surface area (Å²) < 4.78 is 14.0. The Balaban J connectivity index is 1.93. The predicted octanol–water partition coefficient (Wildman–Crippen LogP) is 2.53. The largest absolute Gasteiger partial charge is 0.396 e. The van der Waals surface area contributed by atoms with Gasteiger partial charge in [-0.1, -0.05) is 0 Å². The lowest BCUT2D eigenvalue weighted by atomic mass is 10.2. The highest BCUT2D eigenvalue weighted by molar-refractivity contribution is 5.90. The summed E-state index contributed by atoms with van der Waals surface area (Å²) in [5.41, 5.74) is 1.10. The van der Waals surface area contributed by atoms with Crippen LogP contribution in [0.25, 0.3) is 0 Å². The number of hydrogen-bond acceptors (Lipinski definition) is 3. The number of nitrogens with zero attached hydrogens (tertiary/aromatic N) is 1. The summed E-state index contributed by atoms with van der Waals surface area (Å²) >= 11 is 0. The summed E-state index contributed by atoms with van der Waals surface area (Å²) in [6, 6.07) is 4.84. The summed E-state index contributed by atoms with van der Waals surface area (Å²) in [4.78, 5) is 13.6. The molecule has 1 heterocycles. The maximum absolute atomic E-state index is 14.0. The molecule has 1 aliphatic rings. The highest BCUT2D eigenvalue weighted by atomic mass is 19.1. The highest BCUT2D eigenvalue weighted by Crippen LogP contribution is 2.26. The zero-order chi connectivity index (χ0) is 14.4. The van der Waals surface area contributed by atoms with Crippen molar-refractivity contribution < 1.29 is 14.3 Å². The van der Waals surface area contributed by atoms with E-state index < -0.39 is 0 Å². The van der Waals surface area contributed by atoms with E-state index in [-0.39, 0.29) is 18.3 Å². The van der Waals surface area contributed by atoms with Crippen LogP contribution in [0.3, 0.4) is 0 Å². The first kappa shape index (κ1) is 14.8. The van der Waals surface area contributed by atoms with Gasteiger partial charge in [-0.25, -0.2) is 4.39 Å². The normalized spacial score (nSPS) is 14.6. The summed E-state index contributed by atoms with van der Waals surface area (Å²) in [6.07, 6.45) is 3.79. The summed E-state index contributed by atoms with van der Waals surface area (Å²) in [6.45, 7) is 1.88. The van der Waals surface area contributed by atoms with E-state index in [4.69, 9.17) is 5.11 Å². The van der Waals surface area contributed by atoms with Crippen molar-refractivity contribution in [2.75, 3.05) is 29.9 Å². The van der Waals surface area contributed by atoms with E-state index in [9.17, 15) is 9.18 Å². The molecule has 1 saturated heterocycles. The fraction of sp³-hybridized carbons (Fsp3) is 0.533. The lowest BCUT2D eigenvalue weighted by Gasteiger charge is -2.18. The first-order valence-electron chi connectivity index (χ1n) is 7.16. The molecule has 4 nitrogen and oxygen atoms in total. The molecule has 0 radical (unpaired) electrons. The second-order valence-corrected chi connectivity index (χ2v) is 5.09. The van der Waals surface area contributed by atoms with E-state index in [0.29, 0.717) is 30.6 Å². The van der Waals surface area contributed by atoms with E-state index in [0.717, 1.165) is 25.9 Å². The number of halogens is 1. The number of amides is 1. The van der Waals surface area contributed by atoms with Gasteiger partial charge in [-0.05, 0) is 43.9 Å². The lowest BCUT2D eigenvalue weighted by molar-refractivity contribution is -0.116. The molecular formula is C15H21FN2O2. The number of rotatable bonds is 6. The van der Waals surface area contributed by atoms with Crippen molar-refractivity contribution in [1.82, 2.24) is 0 Å². The second-order valence-electron chi connectivity index (χ2n) is 5.09. The number of unbranched alkanes of at least 4 members (excludes halogenated alkanes) is 1. The number of anilines is 2. The van der Waals surface area contributed by atoms with Gasteiger partial charge in [0.1, 0.15) is 5.82 Å². The highest BCUT2D eigenvalue weighted by Gasteiger charge is 2.16. The summed E-state index contributed by atoms with van der Waals surface area (Å²) in [5.74, 6) is -0.438. The molecule has 0 aromatic heterocycles. The van der Waals surface area contributed by atoms with Crippen LogP contribution in [-0.2, 0) is 4.79 Å². The number of hydrogen-bond donors (Lipinski definition) is 2. The minimum absolute atomic E-state index is 0.0897. The minimum Gasteiger partial charge on any atom is -0.396 e. The Morgan fingerprint density at radius 1 is 1.30 bits per heavy atom. The molecule has 0 aliphatic carbocycles. The fourth-order valence-electron chi connectivity index (χ4n) is 2.42. The van der Waals surface area contributed by atoms with Gasteiger partial charge >= 0.3 is 0 Å². The third-order valence-electron chi connectivity index (χ3n) is 3.49. The molecule has 2 rings (SSSR count). The van der Waals surface area contributed by atoms with Gasteiger partial charge < -0.3 is 15.3 Å². The maximum Gasteiger partial charge on any atom is 0.224 e. The molecule has 110 valence electrons. The Bertz CT molecular complexity index is 459. The van der Waals surface area contributed by atoms with Crippen molar-refractivity contribution in [2.24, 2.45) is 0 Å². The van der Waals surface area contributed by atoms with E-state index >= 15 is 0 Å². The Morgan fingerprint density at radius 2 is 2.05 bits per heavy atom. The number of aliphatic hydroxyl groups is 1. The monoisotopic (exact) mass is 280 g/mol. The van der Waals surface area contributed by atoms with E-state index in [1.54, 1.807) is 12.1 Å². The van der Waals surface area contributed by atoms with E-state index in [1.807, 2.05) is 4.90 Å². The molecule has 1 aromatic carbocycles. The number of nitrogens with one attached hydrogen (secondary N) is 1. The molecule has 0 saturated carbocycles. The lowest BCUT2D eigenvalue weighted by Crippen LogP contribution is -2.19. The van der Waals surface area contributed by atoms with Gasteiger partial charge in [-0.3, -0.25) is 4.79 Å². The van der Waals surface area contributed by atoms with Crippen LogP contribution in [0, 0.1) is 5.82 Å². The van der Waals surface area contributed by atoms with Crippen LogP contribution in [0.2, 0.25) is 0 Å². The predicted molar refractivity (Wildman–Crippen MR) is 77.4 cm³/mol. The first-order valence-corrected chi connectivity index (χ1v) is 7.16. The number of carbonyl (C=O) groups is 1. The Labute approximate surface area is 118 Å². The Kier molecular flexibility index (Phi) is 5.35. The zero-order valence-electron chi connectivity index (χ0n) is 11.6. The molecule has 1 aliphatic heterocycles. The number of benzene rings is 1. The third-order valence-corrected chi connectivity index (χ3v) is 3.49. The standard InChI is InChI=1S/C15H21FN2O2/c16-13-11-12(17-15(20)5-1-4-10-19)6-7-14(13)18-8-2-3-9-18/h6-7,11,19H,1-5,8-10H2,(H,17,20). The molecule has 0 atom stereocenters. The van der Waals surface area contributed by atoms with Crippen molar-refractivity contribution in [3.05, 3.63) is 24.0 Å². The van der Waals surface area contributed by atoms with Gasteiger partial charge in [-0.2, -0.15) is 0 Å². The van der Waals surface area contributed by atoms with Crippen LogP contribution in [0.4, 0.5) is 15.8 Å². The van der Waals surface area contributed by atoms with Crippen LogP contribution < -0.4 is 10.2 Å². The summed E-state index contributed by atoms with van der Waals surface area (Å²) in [7, 11) is 0. The molecule has 0 bridgehead atoms. The van der Waals surface area contributed by atoms with Crippen molar-refractivity contribution >= 4 is 17.3 Å². The molecule has 0 spiro atoms. The Hall–Kier alpha value is -1.62. The fourth-order valence-corrected chi connectivity index (χ4v) is 2.42. The molecule has 1 amide bonds. The molecule has 1 aromatic rings. The van der Waals surface area contributed by atoms with E-state index in [2.05, 4.69) is 5.32 Å². The van der Waals surface area contributed by atoms with Crippen molar-refractivity contribution in [2.45, 2.75) is 32.1 Å². The van der Waals surface area contributed by atoms with Crippen molar-refractivity contribution in [3.8, 4) is 0 Å². The third kappa shape index (κ3) is 3.93. The van der Waals surface area contributed by atoms with Gasteiger partial charge in [0.2, 0.25) is 5.91 Å². The molecular weight excluding hydrogens is 259 g/mol. The first-order chi connectivity index (χ1) is 9.70. The maximum atomic E-state index is 14.0. The molecule has 1 fully saturated rings. The molecule has 0 unspecified atom stereocenters. The number of aliphatic hydroxyl groups excluding tert-OH is 1. The molecule has 5 heteroatoms. The SMILES string of the molecule is O=C(CCCCO)Nc1ccc(N2CCCC2)c(F)c1. The smallest absolute Gasteiger partial charge is 0.224 e. The topological polar surface area (TPSA) is 52.6 Å². The molecule has 2 N–H and O–H groups in total. The zero-order valence-corrected chi connectivity index (χ0v) is 11.6. The van der Waals surface area contributed by atoms with Gasteiger partial charge in [0.15, 0.2) is 0 Å². The van der Waals surface area contributed by atoms with Crippen LogP contribution in [0.5, 0.6) is 0 Å². The average molecular weight is 280 g/mol. The minimum atomic E-state index is -0.292. The average Bonchev–Trinajstić information content (AvgIpc) is 2.93. The van der Waals surface area contributed by atoms with Gasteiger partial charge in [0, 0.05) is 31.8 Å². The Morgan fingerprint density at radius 3 is 2.70 bits per heavy atom. The van der Waals surface area contributed by atoms with Crippen LogP contribution in [0.15, 0.2) is 18.2 Å². The quantitative estimate of drug-likeness (QED) is 0.787. The van der Waals surface area contributed by atoms with Gasteiger partial charge in [-0.15, -0.1) is 0 Å². The second kappa shape index (κ2) is 7.24. The van der Waals surface area contributed by atoms with Crippen molar-refractivity contribution in [3.63, 3.8) is 0 Å². The van der Waals surface area contributed by atoms with Crippen LogP contribution in [0.1, 0.15) is 32.1 Å². The van der Waals surface area contributed by atoms with Crippen LogP contribution >= 0.6 is 0 Å².